The summed E-state index contributed by atoms with van der Waals surface area (Å²) in [5, 5.41) is 3.87. The molecular weight excluding hydrogens is 204 g/mol. The van der Waals surface area contributed by atoms with Crippen LogP contribution in [0, 0.1) is 0 Å². The smallest absolute Gasteiger partial charge is 0.257 e. The summed E-state index contributed by atoms with van der Waals surface area (Å²) < 4.78 is 5.13. The highest BCUT2D eigenvalue weighted by Crippen LogP contribution is 2.20. The summed E-state index contributed by atoms with van der Waals surface area (Å²) in [6, 6.07) is 7.09. The van der Waals surface area contributed by atoms with Crippen LogP contribution in [0.4, 0.5) is 0 Å². The highest BCUT2D eigenvalue weighted by molar-refractivity contribution is 5.77. The number of benzene rings is 1. The summed E-state index contributed by atoms with van der Waals surface area (Å²) >= 11 is 0. The molecule has 4 heteroatoms. The zero-order valence-electron chi connectivity index (χ0n) is 9.18. The van der Waals surface area contributed by atoms with Crippen molar-refractivity contribution in [2.75, 3.05) is 0 Å². The minimum Gasteiger partial charge on any atom is -0.334 e. The van der Waals surface area contributed by atoms with Gasteiger partial charge in [0, 0.05) is 17.0 Å². The average molecular weight is 216 g/mol. The van der Waals surface area contributed by atoms with Gasteiger partial charge in [0.25, 0.3) is 5.89 Å². The van der Waals surface area contributed by atoms with Gasteiger partial charge in [0.2, 0.25) is 0 Å². The number of nitrogens with zero attached hydrogens (tertiary/aromatic N) is 2. The van der Waals surface area contributed by atoms with E-state index in [2.05, 4.69) is 10.1 Å². The van der Waals surface area contributed by atoms with Crippen LogP contribution in [0.25, 0.3) is 11.5 Å². The van der Waals surface area contributed by atoms with Crippen LogP contribution >= 0.6 is 0 Å². The highest BCUT2D eigenvalue weighted by Gasteiger charge is 2.11. The number of carbonyl (C=O) groups is 1. The SMILES string of the molecule is CC(C)c1noc(-c2cccc(C=O)c2)n1. The molecule has 0 saturated carbocycles. The third-order valence-corrected chi connectivity index (χ3v) is 2.23. The minimum atomic E-state index is 0.228. The maximum absolute atomic E-state index is 10.6. The molecule has 0 fully saturated rings. The monoisotopic (exact) mass is 216 g/mol. The van der Waals surface area contributed by atoms with Crippen LogP contribution in [0.1, 0.15) is 35.9 Å². The summed E-state index contributed by atoms with van der Waals surface area (Å²) in [5.41, 5.74) is 1.37. The Kier molecular flexibility index (Phi) is 2.81. The number of rotatable bonds is 3. The third kappa shape index (κ3) is 2.00. The van der Waals surface area contributed by atoms with Gasteiger partial charge in [-0.1, -0.05) is 31.1 Å². The Morgan fingerprint density at radius 3 is 2.81 bits per heavy atom. The first kappa shape index (κ1) is 10.5. The van der Waals surface area contributed by atoms with E-state index in [0.29, 0.717) is 17.3 Å². The molecule has 0 saturated heterocycles. The van der Waals surface area contributed by atoms with E-state index in [4.69, 9.17) is 4.52 Å². The van der Waals surface area contributed by atoms with Crippen molar-refractivity contribution in [2.45, 2.75) is 19.8 Å². The molecule has 82 valence electrons. The predicted octanol–water partition coefficient (Wildman–Crippen LogP) is 2.67. The molecule has 16 heavy (non-hydrogen) atoms. The number of carbonyl (C=O) groups excluding carboxylic acids is 1. The van der Waals surface area contributed by atoms with Gasteiger partial charge in [-0.05, 0) is 12.1 Å². The van der Waals surface area contributed by atoms with E-state index in [1.807, 2.05) is 19.9 Å². The molecule has 0 atom stereocenters. The minimum absolute atomic E-state index is 0.228. The molecule has 0 spiro atoms. The van der Waals surface area contributed by atoms with Crippen LogP contribution < -0.4 is 0 Å². The second kappa shape index (κ2) is 4.26. The van der Waals surface area contributed by atoms with E-state index in [9.17, 15) is 4.79 Å². The van der Waals surface area contributed by atoms with Crippen LogP contribution in [0.3, 0.4) is 0 Å². The highest BCUT2D eigenvalue weighted by atomic mass is 16.5. The molecule has 2 rings (SSSR count). The molecule has 0 unspecified atom stereocenters. The normalized spacial score (nSPS) is 10.7. The van der Waals surface area contributed by atoms with E-state index in [0.717, 1.165) is 11.8 Å². The van der Waals surface area contributed by atoms with Crippen LogP contribution in [0.2, 0.25) is 0 Å². The van der Waals surface area contributed by atoms with Crippen molar-refractivity contribution in [3.05, 3.63) is 35.7 Å². The van der Waals surface area contributed by atoms with E-state index >= 15 is 0 Å². The Morgan fingerprint density at radius 2 is 2.19 bits per heavy atom. The van der Waals surface area contributed by atoms with E-state index in [1.165, 1.54) is 0 Å². The second-order valence-corrected chi connectivity index (χ2v) is 3.86. The molecule has 0 N–H and O–H groups in total. The number of aldehydes is 1. The summed E-state index contributed by atoms with van der Waals surface area (Å²) in [5.74, 6) is 1.35. The van der Waals surface area contributed by atoms with Gasteiger partial charge in [-0.15, -0.1) is 0 Å². The summed E-state index contributed by atoms with van der Waals surface area (Å²) in [4.78, 5) is 14.9. The lowest BCUT2D eigenvalue weighted by atomic mass is 10.1. The molecule has 0 bridgehead atoms. The first-order valence-corrected chi connectivity index (χ1v) is 5.10. The summed E-state index contributed by atoms with van der Waals surface area (Å²) in [7, 11) is 0. The lowest BCUT2D eigenvalue weighted by Crippen LogP contribution is -1.89. The Balaban J connectivity index is 2.38. The molecule has 1 heterocycles. The molecule has 0 aliphatic rings. The Labute approximate surface area is 93.3 Å². The molecule has 4 nitrogen and oxygen atoms in total. The van der Waals surface area contributed by atoms with Gasteiger partial charge < -0.3 is 4.52 Å². The van der Waals surface area contributed by atoms with E-state index in [-0.39, 0.29) is 5.92 Å². The Morgan fingerprint density at radius 1 is 1.38 bits per heavy atom. The second-order valence-electron chi connectivity index (χ2n) is 3.86. The Hall–Kier alpha value is -1.97. The van der Waals surface area contributed by atoms with Gasteiger partial charge in [0.1, 0.15) is 6.29 Å². The lowest BCUT2D eigenvalue weighted by molar-refractivity contribution is 0.112. The summed E-state index contributed by atoms with van der Waals surface area (Å²) in [6.45, 7) is 3.99. The molecule has 0 amide bonds. The van der Waals surface area contributed by atoms with Crippen molar-refractivity contribution >= 4 is 6.29 Å². The molecule has 0 radical (unpaired) electrons. The summed E-state index contributed by atoms with van der Waals surface area (Å²) in [6.07, 6.45) is 0.795. The number of hydrogen-bond donors (Lipinski definition) is 0. The van der Waals surface area contributed by atoms with Crippen molar-refractivity contribution in [3.8, 4) is 11.5 Å². The zero-order valence-corrected chi connectivity index (χ0v) is 9.18. The lowest BCUT2D eigenvalue weighted by Gasteiger charge is -1.95. The fourth-order valence-electron chi connectivity index (χ4n) is 1.33. The van der Waals surface area contributed by atoms with Crippen molar-refractivity contribution in [3.63, 3.8) is 0 Å². The van der Waals surface area contributed by atoms with Crippen molar-refractivity contribution in [1.82, 2.24) is 10.1 Å². The maximum atomic E-state index is 10.6. The quantitative estimate of drug-likeness (QED) is 0.740. The largest absolute Gasteiger partial charge is 0.334 e. The van der Waals surface area contributed by atoms with Gasteiger partial charge in [0.15, 0.2) is 5.82 Å². The predicted molar refractivity (Wildman–Crippen MR) is 59.2 cm³/mol. The van der Waals surface area contributed by atoms with E-state index in [1.54, 1.807) is 18.2 Å². The molecule has 0 aliphatic heterocycles. The van der Waals surface area contributed by atoms with Gasteiger partial charge in [-0.3, -0.25) is 4.79 Å². The van der Waals surface area contributed by atoms with Crippen molar-refractivity contribution < 1.29 is 9.32 Å². The zero-order chi connectivity index (χ0) is 11.5. The number of aromatic nitrogens is 2. The average Bonchev–Trinajstić information content (AvgIpc) is 2.78. The first-order chi connectivity index (χ1) is 7.70. The van der Waals surface area contributed by atoms with Crippen molar-refractivity contribution in [2.24, 2.45) is 0 Å². The molecule has 0 aliphatic carbocycles. The molecule has 1 aromatic heterocycles. The van der Waals surface area contributed by atoms with Gasteiger partial charge in [0.05, 0.1) is 0 Å². The molecule has 2 aromatic rings. The van der Waals surface area contributed by atoms with Crippen LogP contribution in [0.15, 0.2) is 28.8 Å². The Bertz CT molecular complexity index is 503. The first-order valence-electron chi connectivity index (χ1n) is 5.10. The van der Waals surface area contributed by atoms with Crippen LogP contribution in [0.5, 0.6) is 0 Å². The fraction of sp³-hybridized carbons (Fsp3) is 0.250. The van der Waals surface area contributed by atoms with E-state index < -0.39 is 0 Å². The van der Waals surface area contributed by atoms with Gasteiger partial charge >= 0.3 is 0 Å². The van der Waals surface area contributed by atoms with Crippen LogP contribution in [-0.2, 0) is 0 Å². The topological polar surface area (TPSA) is 56.0 Å². The molecule has 1 aromatic carbocycles. The van der Waals surface area contributed by atoms with Gasteiger partial charge in [-0.25, -0.2) is 0 Å². The third-order valence-electron chi connectivity index (χ3n) is 2.23. The maximum Gasteiger partial charge on any atom is 0.257 e. The van der Waals surface area contributed by atoms with Crippen molar-refractivity contribution in [1.29, 1.82) is 0 Å². The number of hydrogen-bond acceptors (Lipinski definition) is 4. The fourth-order valence-corrected chi connectivity index (χ4v) is 1.33. The molecular formula is C12H12N2O2. The van der Waals surface area contributed by atoms with Gasteiger partial charge in [-0.2, -0.15) is 4.98 Å². The standard InChI is InChI=1S/C12H12N2O2/c1-8(2)11-13-12(16-14-11)10-5-3-4-9(6-10)7-15/h3-8H,1-2H3. The van der Waals surface area contributed by atoms with Crippen LogP contribution in [-0.4, -0.2) is 16.4 Å².